The molecule has 0 bridgehead atoms. The van der Waals surface area contributed by atoms with Crippen molar-refractivity contribution in [2.45, 2.75) is 0 Å². The fraction of sp³-hybridized carbons (Fsp3) is 0.308. The maximum Gasteiger partial charge on any atom is 0.157 e. The molecule has 0 N–H and O–H groups in total. The van der Waals surface area contributed by atoms with E-state index in [9.17, 15) is 0 Å². The van der Waals surface area contributed by atoms with Crippen LogP contribution in [0.25, 0.3) is 0 Å². The van der Waals surface area contributed by atoms with Gasteiger partial charge in [-0.2, -0.15) is 5.10 Å². The molecule has 0 radical (unpaired) electrons. The van der Waals surface area contributed by atoms with Gasteiger partial charge in [0, 0.05) is 7.05 Å². The summed E-state index contributed by atoms with van der Waals surface area (Å²) in [5, 5.41) is 4.01. The van der Waals surface area contributed by atoms with Crippen molar-refractivity contribution in [3.63, 3.8) is 0 Å². The van der Waals surface area contributed by atoms with Crippen molar-refractivity contribution in [2.24, 2.45) is 7.05 Å². The third-order valence-electron chi connectivity index (χ3n) is 2.36. The number of methoxy groups -OCH3 is 1. The normalized spacial score (nSPS) is 10.1. The first-order chi connectivity index (χ1) is 8.78. The predicted octanol–water partition coefficient (Wildman–Crippen LogP) is 1.89. The largest absolute Gasteiger partial charge is 0.497 e. The highest BCUT2D eigenvalue weighted by atomic mass is 16.5. The van der Waals surface area contributed by atoms with Gasteiger partial charge in [0.15, 0.2) is 5.75 Å². The van der Waals surface area contributed by atoms with Gasteiger partial charge in [0.1, 0.15) is 24.7 Å². The summed E-state index contributed by atoms with van der Waals surface area (Å²) in [4.78, 5) is 0. The summed E-state index contributed by atoms with van der Waals surface area (Å²) in [5.74, 6) is 2.36. The van der Waals surface area contributed by atoms with Crippen molar-refractivity contribution in [1.82, 2.24) is 9.78 Å². The molecule has 0 saturated heterocycles. The molecule has 5 nitrogen and oxygen atoms in total. The Balaban J connectivity index is 1.71. The summed E-state index contributed by atoms with van der Waals surface area (Å²) in [5.41, 5.74) is 0. The zero-order valence-electron chi connectivity index (χ0n) is 10.5. The molecule has 0 aliphatic heterocycles. The van der Waals surface area contributed by atoms with Crippen molar-refractivity contribution in [1.29, 1.82) is 0 Å². The topological polar surface area (TPSA) is 45.5 Å². The third-order valence-corrected chi connectivity index (χ3v) is 2.36. The number of hydrogen-bond acceptors (Lipinski definition) is 4. The SMILES string of the molecule is COc1ccc(OCCOc2cnn(C)c2)cc1. The van der Waals surface area contributed by atoms with Crippen LogP contribution in [0.3, 0.4) is 0 Å². The minimum absolute atomic E-state index is 0.484. The minimum atomic E-state index is 0.484. The van der Waals surface area contributed by atoms with E-state index in [0.717, 1.165) is 17.2 Å². The molecule has 0 unspecified atom stereocenters. The standard InChI is InChI=1S/C13H16N2O3/c1-15-10-13(9-14-15)18-8-7-17-12-5-3-11(16-2)4-6-12/h3-6,9-10H,7-8H2,1-2H3. The first kappa shape index (κ1) is 12.3. The highest BCUT2D eigenvalue weighted by Gasteiger charge is 1.98. The van der Waals surface area contributed by atoms with E-state index in [0.29, 0.717) is 13.2 Å². The van der Waals surface area contributed by atoms with Crippen LogP contribution >= 0.6 is 0 Å². The smallest absolute Gasteiger partial charge is 0.157 e. The molecule has 2 rings (SSSR count). The molecule has 0 saturated carbocycles. The van der Waals surface area contributed by atoms with E-state index in [2.05, 4.69) is 5.10 Å². The van der Waals surface area contributed by atoms with E-state index >= 15 is 0 Å². The van der Waals surface area contributed by atoms with Crippen LogP contribution in [0.5, 0.6) is 17.2 Å². The molecule has 18 heavy (non-hydrogen) atoms. The van der Waals surface area contributed by atoms with Crippen LogP contribution in [0.2, 0.25) is 0 Å². The first-order valence-electron chi connectivity index (χ1n) is 5.66. The van der Waals surface area contributed by atoms with Crippen LogP contribution in [-0.4, -0.2) is 30.1 Å². The van der Waals surface area contributed by atoms with Gasteiger partial charge in [-0.05, 0) is 24.3 Å². The summed E-state index contributed by atoms with van der Waals surface area (Å²) in [6.45, 7) is 0.971. The second-order valence-corrected chi connectivity index (χ2v) is 3.72. The summed E-state index contributed by atoms with van der Waals surface area (Å²) in [6.07, 6.45) is 3.49. The van der Waals surface area contributed by atoms with Gasteiger partial charge >= 0.3 is 0 Å². The third kappa shape index (κ3) is 3.41. The van der Waals surface area contributed by atoms with Crippen LogP contribution < -0.4 is 14.2 Å². The Morgan fingerprint density at radius 2 is 1.61 bits per heavy atom. The molecular formula is C13H16N2O3. The molecule has 0 atom stereocenters. The second-order valence-electron chi connectivity index (χ2n) is 3.72. The molecule has 5 heteroatoms. The zero-order valence-corrected chi connectivity index (χ0v) is 10.5. The molecule has 2 aromatic rings. The van der Waals surface area contributed by atoms with Crippen LogP contribution in [0.1, 0.15) is 0 Å². The number of nitrogens with zero attached hydrogens (tertiary/aromatic N) is 2. The molecule has 0 amide bonds. The van der Waals surface area contributed by atoms with E-state index < -0.39 is 0 Å². The number of hydrogen-bond donors (Lipinski definition) is 0. The molecule has 1 aromatic heterocycles. The lowest BCUT2D eigenvalue weighted by Crippen LogP contribution is -2.08. The number of rotatable bonds is 6. The summed E-state index contributed by atoms with van der Waals surface area (Å²) < 4.78 is 17.7. The zero-order chi connectivity index (χ0) is 12.8. The molecule has 0 aliphatic carbocycles. The Bertz CT molecular complexity index is 479. The molecule has 0 aliphatic rings. The van der Waals surface area contributed by atoms with Gasteiger partial charge in [-0.15, -0.1) is 0 Å². The maximum atomic E-state index is 5.53. The molecule has 0 fully saturated rings. The van der Waals surface area contributed by atoms with Crippen molar-refractivity contribution in [2.75, 3.05) is 20.3 Å². The van der Waals surface area contributed by atoms with Crippen molar-refractivity contribution >= 4 is 0 Å². The fourth-order valence-corrected chi connectivity index (χ4v) is 1.46. The Morgan fingerprint density at radius 1 is 1.00 bits per heavy atom. The quantitative estimate of drug-likeness (QED) is 0.732. The first-order valence-corrected chi connectivity index (χ1v) is 5.66. The summed E-state index contributed by atoms with van der Waals surface area (Å²) in [7, 11) is 3.48. The van der Waals surface area contributed by atoms with Crippen LogP contribution in [0, 0.1) is 0 Å². The van der Waals surface area contributed by atoms with E-state index in [1.807, 2.05) is 37.5 Å². The Morgan fingerprint density at radius 3 is 2.17 bits per heavy atom. The van der Waals surface area contributed by atoms with E-state index in [1.54, 1.807) is 18.0 Å². The van der Waals surface area contributed by atoms with Gasteiger partial charge < -0.3 is 14.2 Å². The van der Waals surface area contributed by atoms with Crippen molar-refractivity contribution in [3.05, 3.63) is 36.7 Å². The average Bonchev–Trinajstić information content (AvgIpc) is 2.81. The minimum Gasteiger partial charge on any atom is -0.497 e. The van der Waals surface area contributed by atoms with Crippen LogP contribution in [0.4, 0.5) is 0 Å². The van der Waals surface area contributed by atoms with Gasteiger partial charge in [0.25, 0.3) is 0 Å². The average molecular weight is 248 g/mol. The summed E-state index contributed by atoms with van der Waals surface area (Å²) in [6, 6.07) is 7.44. The fourth-order valence-electron chi connectivity index (χ4n) is 1.46. The van der Waals surface area contributed by atoms with Gasteiger partial charge in [0.2, 0.25) is 0 Å². The molecular weight excluding hydrogens is 232 g/mol. The van der Waals surface area contributed by atoms with Crippen molar-refractivity contribution < 1.29 is 14.2 Å². The number of ether oxygens (including phenoxy) is 3. The van der Waals surface area contributed by atoms with E-state index in [4.69, 9.17) is 14.2 Å². The highest BCUT2D eigenvalue weighted by molar-refractivity contribution is 5.31. The number of aryl methyl sites for hydroxylation is 1. The van der Waals surface area contributed by atoms with Crippen LogP contribution in [0.15, 0.2) is 36.7 Å². The summed E-state index contributed by atoms with van der Waals surface area (Å²) >= 11 is 0. The number of aromatic nitrogens is 2. The lowest BCUT2D eigenvalue weighted by Gasteiger charge is -2.07. The Kier molecular flexibility index (Phi) is 4.06. The van der Waals surface area contributed by atoms with E-state index in [1.165, 1.54) is 0 Å². The molecule has 96 valence electrons. The van der Waals surface area contributed by atoms with Crippen molar-refractivity contribution in [3.8, 4) is 17.2 Å². The molecule has 1 aromatic carbocycles. The van der Waals surface area contributed by atoms with Gasteiger partial charge in [-0.1, -0.05) is 0 Å². The second kappa shape index (κ2) is 5.95. The van der Waals surface area contributed by atoms with E-state index in [-0.39, 0.29) is 0 Å². The van der Waals surface area contributed by atoms with Gasteiger partial charge in [0.05, 0.1) is 19.5 Å². The lowest BCUT2D eigenvalue weighted by molar-refractivity contribution is 0.217. The molecule has 1 heterocycles. The maximum absolute atomic E-state index is 5.53. The molecule has 0 spiro atoms. The monoisotopic (exact) mass is 248 g/mol. The Labute approximate surface area is 106 Å². The number of benzene rings is 1. The lowest BCUT2D eigenvalue weighted by atomic mass is 10.3. The van der Waals surface area contributed by atoms with Crippen LogP contribution in [-0.2, 0) is 7.05 Å². The Hall–Kier alpha value is -2.17. The van der Waals surface area contributed by atoms with Gasteiger partial charge in [-0.25, -0.2) is 0 Å². The van der Waals surface area contributed by atoms with Gasteiger partial charge in [-0.3, -0.25) is 4.68 Å². The highest BCUT2D eigenvalue weighted by Crippen LogP contribution is 2.16. The predicted molar refractivity (Wildman–Crippen MR) is 67.2 cm³/mol.